The number of hydrogen-bond acceptors (Lipinski definition) is 4. The Hall–Kier alpha value is -2.44. The van der Waals surface area contributed by atoms with Crippen LogP contribution in [0.3, 0.4) is 0 Å². The maximum atomic E-state index is 12.9. The number of benzene rings is 1. The lowest BCUT2D eigenvalue weighted by atomic mass is 10.1. The normalized spacial score (nSPS) is 10.5. The number of rotatable bonds is 11. The number of nitro groups is 1. The van der Waals surface area contributed by atoms with Gasteiger partial charge in [-0.3, -0.25) is 19.7 Å². The Morgan fingerprint density at radius 3 is 1.37 bits per heavy atom. The van der Waals surface area contributed by atoms with E-state index in [0.29, 0.717) is 26.2 Å². The van der Waals surface area contributed by atoms with Crippen LogP contribution in [0.15, 0.2) is 18.2 Å². The van der Waals surface area contributed by atoms with Crippen molar-refractivity contribution in [3.63, 3.8) is 0 Å². The summed E-state index contributed by atoms with van der Waals surface area (Å²) in [4.78, 5) is 39.9. The fraction of sp³-hybridized carbons (Fsp3) is 0.600. The molecular formula is C20H31N3O4. The van der Waals surface area contributed by atoms with E-state index in [4.69, 9.17) is 0 Å². The monoisotopic (exact) mass is 377 g/mol. The molecule has 0 atom stereocenters. The largest absolute Gasteiger partial charge is 0.339 e. The van der Waals surface area contributed by atoms with Crippen molar-refractivity contribution in [2.45, 2.75) is 53.4 Å². The minimum absolute atomic E-state index is 0.197. The Morgan fingerprint density at radius 1 is 0.778 bits per heavy atom. The SMILES string of the molecule is CCCN(CCC)C(=O)c1cc(C(=O)N(CCC)CCC)cc([N+](=O)[O-])c1. The van der Waals surface area contributed by atoms with E-state index in [-0.39, 0.29) is 28.6 Å². The van der Waals surface area contributed by atoms with Gasteiger partial charge in [0.2, 0.25) is 0 Å². The second kappa shape index (κ2) is 11.3. The van der Waals surface area contributed by atoms with Gasteiger partial charge in [0, 0.05) is 49.4 Å². The zero-order valence-corrected chi connectivity index (χ0v) is 16.9. The molecule has 0 radical (unpaired) electrons. The van der Waals surface area contributed by atoms with Gasteiger partial charge in [0.05, 0.1) is 4.92 Å². The highest BCUT2D eigenvalue weighted by molar-refractivity contribution is 6.00. The van der Waals surface area contributed by atoms with E-state index < -0.39 is 4.92 Å². The number of non-ortho nitro benzene ring substituents is 1. The summed E-state index contributed by atoms with van der Waals surface area (Å²) in [5.74, 6) is -0.539. The summed E-state index contributed by atoms with van der Waals surface area (Å²) in [6, 6.07) is 4.02. The molecule has 0 saturated carbocycles. The summed E-state index contributed by atoms with van der Waals surface area (Å²) in [5.41, 5.74) is 0.162. The van der Waals surface area contributed by atoms with Crippen LogP contribution in [-0.2, 0) is 0 Å². The molecule has 0 aliphatic rings. The molecule has 7 heteroatoms. The molecule has 2 amide bonds. The van der Waals surface area contributed by atoms with Crippen LogP contribution in [0.1, 0.15) is 74.1 Å². The molecule has 0 spiro atoms. The molecule has 0 aliphatic heterocycles. The van der Waals surface area contributed by atoms with Crippen molar-refractivity contribution in [3.8, 4) is 0 Å². The average Bonchev–Trinajstić information content (AvgIpc) is 2.66. The molecule has 1 aromatic carbocycles. The molecule has 7 nitrogen and oxygen atoms in total. The Labute approximate surface area is 161 Å². The Balaban J connectivity index is 3.32. The van der Waals surface area contributed by atoms with Gasteiger partial charge in [0.15, 0.2) is 0 Å². The molecule has 150 valence electrons. The highest BCUT2D eigenvalue weighted by Crippen LogP contribution is 2.21. The lowest BCUT2D eigenvalue weighted by molar-refractivity contribution is -0.384. The molecule has 27 heavy (non-hydrogen) atoms. The van der Waals surface area contributed by atoms with Crippen molar-refractivity contribution >= 4 is 17.5 Å². The summed E-state index contributed by atoms with van der Waals surface area (Å²) in [6.45, 7) is 10.2. The molecule has 0 unspecified atom stereocenters. The van der Waals surface area contributed by atoms with E-state index in [1.165, 1.54) is 18.2 Å². The van der Waals surface area contributed by atoms with Gasteiger partial charge in [-0.2, -0.15) is 0 Å². The van der Waals surface area contributed by atoms with Crippen molar-refractivity contribution in [1.82, 2.24) is 9.80 Å². The van der Waals surface area contributed by atoms with E-state index >= 15 is 0 Å². The molecule has 0 saturated heterocycles. The first-order valence-electron chi connectivity index (χ1n) is 9.77. The van der Waals surface area contributed by atoms with Gasteiger partial charge >= 0.3 is 0 Å². The van der Waals surface area contributed by atoms with Gasteiger partial charge in [-0.15, -0.1) is 0 Å². The third-order valence-electron chi connectivity index (χ3n) is 4.17. The van der Waals surface area contributed by atoms with Crippen molar-refractivity contribution in [2.75, 3.05) is 26.2 Å². The Bertz CT molecular complexity index is 602. The average molecular weight is 377 g/mol. The van der Waals surface area contributed by atoms with Gasteiger partial charge in [-0.1, -0.05) is 27.7 Å². The fourth-order valence-electron chi connectivity index (χ4n) is 3.04. The zero-order valence-electron chi connectivity index (χ0n) is 16.9. The minimum Gasteiger partial charge on any atom is -0.339 e. The highest BCUT2D eigenvalue weighted by Gasteiger charge is 2.23. The van der Waals surface area contributed by atoms with Gasteiger partial charge in [-0.25, -0.2) is 0 Å². The van der Waals surface area contributed by atoms with E-state index in [1.54, 1.807) is 9.80 Å². The summed E-state index contributed by atoms with van der Waals surface area (Å²) >= 11 is 0. The van der Waals surface area contributed by atoms with Crippen molar-refractivity contribution in [3.05, 3.63) is 39.4 Å². The Morgan fingerprint density at radius 2 is 1.11 bits per heavy atom. The third-order valence-corrected chi connectivity index (χ3v) is 4.17. The lowest BCUT2D eigenvalue weighted by Gasteiger charge is -2.23. The molecule has 0 aromatic heterocycles. The van der Waals surface area contributed by atoms with Gasteiger partial charge in [0.1, 0.15) is 0 Å². The summed E-state index contributed by atoms with van der Waals surface area (Å²) in [5, 5.41) is 11.3. The molecular weight excluding hydrogens is 346 g/mol. The van der Waals surface area contributed by atoms with E-state index in [9.17, 15) is 19.7 Å². The molecule has 0 heterocycles. The minimum atomic E-state index is -0.554. The summed E-state index contributed by atoms with van der Waals surface area (Å²) in [7, 11) is 0. The molecule has 1 aromatic rings. The number of carbonyl (C=O) groups excluding carboxylic acids is 2. The van der Waals surface area contributed by atoms with Crippen LogP contribution < -0.4 is 0 Å². The predicted molar refractivity (Wildman–Crippen MR) is 106 cm³/mol. The van der Waals surface area contributed by atoms with Crippen LogP contribution in [0, 0.1) is 10.1 Å². The number of amides is 2. The number of nitrogens with zero attached hydrogens (tertiary/aromatic N) is 3. The topological polar surface area (TPSA) is 83.8 Å². The first kappa shape index (κ1) is 22.6. The molecule has 0 aliphatic carbocycles. The van der Waals surface area contributed by atoms with E-state index in [2.05, 4.69) is 0 Å². The second-order valence-electron chi connectivity index (χ2n) is 6.61. The van der Waals surface area contributed by atoms with Crippen LogP contribution in [0.5, 0.6) is 0 Å². The fourth-order valence-corrected chi connectivity index (χ4v) is 3.04. The van der Waals surface area contributed by atoms with Crippen LogP contribution >= 0.6 is 0 Å². The number of nitro benzene ring substituents is 1. The number of hydrogen-bond donors (Lipinski definition) is 0. The van der Waals surface area contributed by atoms with Gasteiger partial charge < -0.3 is 9.80 Å². The van der Waals surface area contributed by atoms with Gasteiger partial charge in [0.25, 0.3) is 17.5 Å². The smallest absolute Gasteiger partial charge is 0.271 e. The van der Waals surface area contributed by atoms with Crippen molar-refractivity contribution < 1.29 is 14.5 Å². The van der Waals surface area contributed by atoms with E-state index in [1.807, 2.05) is 27.7 Å². The maximum Gasteiger partial charge on any atom is 0.271 e. The van der Waals surface area contributed by atoms with Crippen LogP contribution in [-0.4, -0.2) is 52.7 Å². The van der Waals surface area contributed by atoms with Crippen molar-refractivity contribution in [2.24, 2.45) is 0 Å². The van der Waals surface area contributed by atoms with Crippen molar-refractivity contribution in [1.29, 1.82) is 0 Å². The second-order valence-corrected chi connectivity index (χ2v) is 6.61. The van der Waals surface area contributed by atoms with Gasteiger partial charge in [-0.05, 0) is 31.7 Å². The summed E-state index contributed by atoms with van der Waals surface area (Å²) < 4.78 is 0. The first-order valence-corrected chi connectivity index (χ1v) is 9.77. The highest BCUT2D eigenvalue weighted by atomic mass is 16.6. The first-order chi connectivity index (χ1) is 12.9. The molecule has 1 rings (SSSR count). The maximum absolute atomic E-state index is 12.9. The van der Waals surface area contributed by atoms with E-state index in [0.717, 1.165) is 25.7 Å². The van der Waals surface area contributed by atoms with Crippen LogP contribution in [0.25, 0.3) is 0 Å². The molecule has 0 bridgehead atoms. The molecule has 0 fully saturated rings. The molecule has 0 N–H and O–H groups in total. The third kappa shape index (κ3) is 6.34. The van der Waals surface area contributed by atoms with Crippen LogP contribution in [0.4, 0.5) is 5.69 Å². The van der Waals surface area contributed by atoms with Crippen LogP contribution in [0.2, 0.25) is 0 Å². The Kier molecular flexibility index (Phi) is 9.47. The number of carbonyl (C=O) groups is 2. The predicted octanol–water partition coefficient (Wildman–Crippen LogP) is 4.12. The lowest BCUT2D eigenvalue weighted by Crippen LogP contribution is -2.34. The zero-order chi connectivity index (χ0) is 20.4. The summed E-state index contributed by atoms with van der Waals surface area (Å²) in [6.07, 6.45) is 3.20. The standard InChI is InChI=1S/C20H31N3O4/c1-5-9-21(10-6-2)19(24)16-13-17(15-18(14-16)23(26)27)20(25)22(11-7-3)12-8-4/h13-15H,5-12H2,1-4H3. The quantitative estimate of drug-likeness (QED) is 0.429.